The molecule has 0 saturated heterocycles. The molecule has 0 fully saturated rings. The second-order valence-electron chi connectivity index (χ2n) is 3.16. The first-order valence-corrected chi connectivity index (χ1v) is 4.36. The quantitative estimate of drug-likeness (QED) is 0.627. The van der Waals surface area contributed by atoms with E-state index in [0.717, 1.165) is 11.1 Å². The van der Waals surface area contributed by atoms with Crippen molar-refractivity contribution in [2.75, 3.05) is 6.61 Å². The lowest BCUT2D eigenvalue weighted by Crippen LogP contribution is -2.06. The Hall–Kier alpha value is -1.61. The molecule has 4 N–H and O–H groups in total. The van der Waals surface area contributed by atoms with Gasteiger partial charge in [0.15, 0.2) is 0 Å². The van der Waals surface area contributed by atoms with Gasteiger partial charge in [0.1, 0.15) is 0 Å². The van der Waals surface area contributed by atoms with E-state index in [0.29, 0.717) is 11.4 Å². The number of aliphatic hydroxyl groups excluding tert-OH is 1. The highest BCUT2D eigenvalue weighted by atomic mass is 16.3. The van der Waals surface area contributed by atoms with Crippen LogP contribution in [0, 0.1) is 12.3 Å². The van der Waals surface area contributed by atoms with E-state index in [1.54, 1.807) is 0 Å². The van der Waals surface area contributed by atoms with Crippen LogP contribution in [0.4, 0.5) is 0 Å². The van der Waals surface area contributed by atoms with Gasteiger partial charge in [-0.05, 0) is 18.6 Å². The molecule has 1 aromatic carbocycles. The minimum absolute atomic E-state index is 0.214. The van der Waals surface area contributed by atoms with Crippen molar-refractivity contribution in [3.05, 3.63) is 47.2 Å². The van der Waals surface area contributed by atoms with Crippen molar-refractivity contribution >= 4 is 5.71 Å². The van der Waals surface area contributed by atoms with Crippen LogP contribution < -0.4 is 5.73 Å². The van der Waals surface area contributed by atoms with Crippen LogP contribution in [0.1, 0.15) is 11.1 Å². The highest BCUT2D eigenvalue weighted by Gasteiger charge is 1.98. The number of aryl methyl sites for hydroxylation is 1. The largest absolute Gasteiger partial charge is 0.400 e. The first-order chi connectivity index (χ1) is 6.63. The third kappa shape index (κ3) is 2.71. The molecule has 0 aromatic heterocycles. The average Bonchev–Trinajstić information content (AvgIpc) is 2.18. The van der Waals surface area contributed by atoms with Gasteiger partial charge in [-0.25, -0.2) is 0 Å². The maximum absolute atomic E-state index is 8.68. The highest BCUT2D eigenvalue weighted by Crippen LogP contribution is 2.05. The summed E-state index contributed by atoms with van der Waals surface area (Å²) in [5, 5.41) is 16.4. The fourth-order valence-electron chi connectivity index (χ4n) is 1.05. The standard InChI is InChI=1S/C11H14N2O/c1-8-2-4-9(5-3-8)11(13)6-10(12)7-14/h2-6,13-14H,7,12H2,1H3. The van der Waals surface area contributed by atoms with Crippen molar-refractivity contribution in [3.63, 3.8) is 0 Å². The molecule has 3 nitrogen and oxygen atoms in total. The van der Waals surface area contributed by atoms with Gasteiger partial charge >= 0.3 is 0 Å². The number of aliphatic hydroxyl groups is 1. The van der Waals surface area contributed by atoms with E-state index >= 15 is 0 Å². The Morgan fingerprint density at radius 1 is 1.43 bits per heavy atom. The van der Waals surface area contributed by atoms with Gasteiger partial charge in [-0.15, -0.1) is 0 Å². The summed E-state index contributed by atoms with van der Waals surface area (Å²) in [5.41, 5.74) is 7.98. The molecule has 0 bridgehead atoms. The lowest BCUT2D eigenvalue weighted by molar-refractivity contribution is 0.330. The van der Waals surface area contributed by atoms with Gasteiger partial charge < -0.3 is 16.2 Å². The van der Waals surface area contributed by atoms with E-state index < -0.39 is 0 Å². The van der Waals surface area contributed by atoms with Gasteiger partial charge in [0.2, 0.25) is 0 Å². The van der Waals surface area contributed by atoms with E-state index in [1.807, 2.05) is 31.2 Å². The van der Waals surface area contributed by atoms with E-state index in [2.05, 4.69) is 0 Å². The van der Waals surface area contributed by atoms with Gasteiger partial charge in [0.05, 0.1) is 12.3 Å². The highest BCUT2D eigenvalue weighted by molar-refractivity contribution is 6.06. The maximum Gasteiger partial charge on any atom is 0.0826 e. The number of rotatable bonds is 3. The smallest absolute Gasteiger partial charge is 0.0826 e. The molecule has 0 heterocycles. The molecule has 0 amide bonds. The van der Waals surface area contributed by atoms with Crippen molar-refractivity contribution in [1.82, 2.24) is 0 Å². The summed E-state index contributed by atoms with van der Waals surface area (Å²) in [6.07, 6.45) is 1.46. The van der Waals surface area contributed by atoms with Crippen molar-refractivity contribution in [2.45, 2.75) is 6.92 Å². The van der Waals surface area contributed by atoms with Crippen LogP contribution in [-0.4, -0.2) is 17.4 Å². The molecule has 0 aliphatic rings. The molecule has 0 aliphatic carbocycles. The Morgan fingerprint density at radius 2 is 2.00 bits per heavy atom. The van der Waals surface area contributed by atoms with Crippen LogP contribution in [0.2, 0.25) is 0 Å². The summed E-state index contributed by atoms with van der Waals surface area (Å²) in [6.45, 7) is 1.78. The minimum Gasteiger partial charge on any atom is -0.400 e. The monoisotopic (exact) mass is 190 g/mol. The molecule has 3 heteroatoms. The Morgan fingerprint density at radius 3 is 2.50 bits per heavy atom. The van der Waals surface area contributed by atoms with Crippen LogP contribution in [-0.2, 0) is 0 Å². The Bertz CT molecular complexity index is 352. The molecule has 74 valence electrons. The van der Waals surface area contributed by atoms with Crippen molar-refractivity contribution in [3.8, 4) is 0 Å². The number of hydrogen-bond acceptors (Lipinski definition) is 3. The second kappa shape index (κ2) is 4.58. The number of allylic oxidation sites excluding steroid dienone is 1. The zero-order valence-electron chi connectivity index (χ0n) is 8.12. The number of nitrogens with two attached hydrogens (primary N) is 1. The lowest BCUT2D eigenvalue weighted by Gasteiger charge is -2.01. The number of hydrogen-bond donors (Lipinski definition) is 3. The molecule has 0 saturated carbocycles. The first kappa shape index (κ1) is 10.5. The fraction of sp³-hybridized carbons (Fsp3) is 0.182. The SMILES string of the molecule is Cc1ccc(C(=N)C=C(N)CO)cc1. The molecule has 14 heavy (non-hydrogen) atoms. The van der Waals surface area contributed by atoms with E-state index in [4.69, 9.17) is 16.2 Å². The number of benzene rings is 1. The van der Waals surface area contributed by atoms with Gasteiger partial charge in [-0.2, -0.15) is 0 Å². The van der Waals surface area contributed by atoms with Crippen molar-refractivity contribution < 1.29 is 5.11 Å². The molecule has 1 aromatic rings. The van der Waals surface area contributed by atoms with Crippen molar-refractivity contribution in [1.29, 1.82) is 5.41 Å². The van der Waals surface area contributed by atoms with E-state index in [9.17, 15) is 0 Å². The molecule has 0 aliphatic heterocycles. The van der Waals surface area contributed by atoms with Gasteiger partial charge in [-0.3, -0.25) is 0 Å². The third-order valence-electron chi connectivity index (χ3n) is 1.87. The molecule has 1 rings (SSSR count). The zero-order chi connectivity index (χ0) is 10.6. The summed E-state index contributed by atoms with van der Waals surface area (Å²) in [5.74, 6) is 0. The Balaban J connectivity index is 2.85. The zero-order valence-corrected chi connectivity index (χ0v) is 8.12. The van der Waals surface area contributed by atoms with Crippen LogP contribution >= 0.6 is 0 Å². The summed E-state index contributed by atoms with van der Waals surface area (Å²) < 4.78 is 0. The van der Waals surface area contributed by atoms with Crippen LogP contribution in [0.25, 0.3) is 0 Å². The van der Waals surface area contributed by atoms with Gasteiger partial charge in [-0.1, -0.05) is 29.8 Å². The molecular weight excluding hydrogens is 176 g/mol. The summed E-state index contributed by atoms with van der Waals surface area (Å²) in [6, 6.07) is 7.59. The summed E-state index contributed by atoms with van der Waals surface area (Å²) >= 11 is 0. The summed E-state index contributed by atoms with van der Waals surface area (Å²) in [7, 11) is 0. The molecule has 0 radical (unpaired) electrons. The van der Waals surface area contributed by atoms with E-state index in [1.165, 1.54) is 6.08 Å². The molecule has 0 unspecified atom stereocenters. The van der Waals surface area contributed by atoms with E-state index in [-0.39, 0.29) is 6.61 Å². The normalized spacial score (nSPS) is 11.4. The topological polar surface area (TPSA) is 70.1 Å². The third-order valence-corrected chi connectivity index (χ3v) is 1.87. The number of nitrogens with one attached hydrogen (secondary N) is 1. The molecule has 0 spiro atoms. The van der Waals surface area contributed by atoms with Crippen molar-refractivity contribution in [2.24, 2.45) is 5.73 Å². The second-order valence-corrected chi connectivity index (χ2v) is 3.16. The van der Waals surface area contributed by atoms with Crippen LogP contribution in [0.3, 0.4) is 0 Å². The first-order valence-electron chi connectivity index (χ1n) is 4.36. The molecule has 0 atom stereocenters. The fourth-order valence-corrected chi connectivity index (χ4v) is 1.05. The average molecular weight is 190 g/mol. The predicted octanol–water partition coefficient (Wildman–Crippen LogP) is 1.20. The minimum atomic E-state index is -0.214. The maximum atomic E-state index is 8.68. The summed E-state index contributed by atoms with van der Waals surface area (Å²) in [4.78, 5) is 0. The van der Waals surface area contributed by atoms with Crippen LogP contribution in [0.5, 0.6) is 0 Å². The molecular formula is C11H14N2O. The van der Waals surface area contributed by atoms with Gasteiger partial charge in [0.25, 0.3) is 0 Å². The van der Waals surface area contributed by atoms with Gasteiger partial charge in [0, 0.05) is 5.70 Å². The Labute approximate surface area is 83.4 Å². The Kier molecular flexibility index (Phi) is 3.42. The predicted molar refractivity (Wildman–Crippen MR) is 57.4 cm³/mol. The van der Waals surface area contributed by atoms with Crippen LogP contribution in [0.15, 0.2) is 36.0 Å². The lowest BCUT2D eigenvalue weighted by atomic mass is 10.1.